The summed E-state index contributed by atoms with van der Waals surface area (Å²) >= 11 is 1.30. The van der Waals surface area contributed by atoms with Gasteiger partial charge in [-0.15, -0.1) is 11.3 Å². The second-order valence-electron chi connectivity index (χ2n) is 3.00. The van der Waals surface area contributed by atoms with E-state index in [1.165, 1.54) is 17.4 Å². The van der Waals surface area contributed by atoms with E-state index in [1.807, 2.05) is 0 Å². The van der Waals surface area contributed by atoms with E-state index < -0.39 is 11.7 Å². The molecular formula is C11H6F3S. The van der Waals surface area contributed by atoms with Crippen molar-refractivity contribution < 1.29 is 13.2 Å². The summed E-state index contributed by atoms with van der Waals surface area (Å²) in [5, 5.41) is 2.85. The van der Waals surface area contributed by atoms with Gasteiger partial charge in [-0.25, -0.2) is 0 Å². The smallest absolute Gasteiger partial charge is 0.166 e. The molecule has 0 amide bonds. The largest absolute Gasteiger partial charge is 0.416 e. The fourth-order valence-corrected chi connectivity index (χ4v) is 1.89. The maximum Gasteiger partial charge on any atom is 0.416 e. The van der Waals surface area contributed by atoms with E-state index in [9.17, 15) is 13.2 Å². The van der Waals surface area contributed by atoms with Crippen molar-refractivity contribution in [3.63, 3.8) is 0 Å². The highest BCUT2D eigenvalue weighted by molar-refractivity contribution is 7.13. The van der Waals surface area contributed by atoms with Gasteiger partial charge in [-0.05, 0) is 29.8 Å². The number of halogens is 3. The molecule has 0 fully saturated rings. The maximum atomic E-state index is 12.4. The molecule has 1 radical (unpaired) electrons. The molecule has 1 heterocycles. The second-order valence-corrected chi connectivity index (χ2v) is 3.88. The summed E-state index contributed by atoms with van der Waals surface area (Å²) < 4.78 is 37.2. The van der Waals surface area contributed by atoms with Crippen molar-refractivity contribution in [1.82, 2.24) is 0 Å². The maximum absolute atomic E-state index is 12.4. The van der Waals surface area contributed by atoms with Crippen LogP contribution in [0.5, 0.6) is 0 Å². The van der Waals surface area contributed by atoms with Crippen molar-refractivity contribution in [1.29, 1.82) is 0 Å². The molecule has 77 valence electrons. The third kappa shape index (κ3) is 2.21. The Morgan fingerprint density at radius 2 is 1.93 bits per heavy atom. The predicted molar refractivity (Wildman–Crippen MR) is 53.6 cm³/mol. The molecule has 2 rings (SSSR count). The van der Waals surface area contributed by atoms with Crippen LogP contribution in [0.2, 0.25) is 0 Å². The molecule has 0 aliphatic heterocycles. The van der Waals surface area contributed by atoms with Crippen molar-refractivity contribution >= 4 is 11.3 Å². The van der Waals surface area contributed by atoms with Gasteiger partial charge >= 0.3 is 6.18 Å². The number of hydrogen-bond acceptors (Lipinski definition) is 1. The van der Waals surface area contributed by atoms with Crippen LogP contribution in [-0.4, -0.2) is 0 Å². The number of thiophene rings is 1. The lowest BCUT2D eigenvalue weighted by Crippen LogP contribution is -2.04. The van der Waals surface area contributed by atoms with Crippen LogP contribution in [0, 0.1) is 5.38 Å². The normalized spacial score (nSPS) is 11.7. The Balaban J connectivity index is 2.44. The zero-order valence-electron chi connectivity index (χ0n) is 7.51. The molecule has 4 heteroatoms. The minimum absolute atomic E-state index is 0.580. The highest BCUT2D eigenvalue weighted by atomic mass is 32.1. The topological polar surface area (TPSA) is 0 Å². The lowest BCUT2D eigenvalue weighted by atomic mass is 10.1. The first-order valence-corrected chi connectivity index (χ1v) is 5.02. The van der Waals surface area contributed by atoms with Gasteiger partial charge in [0.25, 0.3) is 0 Å². The molecular weight excluding hydrogens is 221 g/mol. The van der Waals surface area contributed by atoms with E-state index in [0.29, 0.717) is 5.56 Å². The summed E-state index contributed by atoms with van der Waals surface area (Å²) in [5.74, 6) is 0. The number of alkyl halides is 3. The molecule has 0 N–H and O–H groups in total. The first-order chi connectivity index (χ1) is 7.07. The van der Waals surface area contributed by atoms with Gasteiger partial charge in [-0.1, -0.05) is 12.1 Å². The molecule has 15 heavy (non-hydrogen) atoms. The summed E-state index contributed by atoms with van der Waals surface area (Å²) in [7, 11) is 0. The Labute approximate surface area is 89.0 Å². The summed E-state index contributed by atoms with van der Waals surface area (Å²) in [6, 6.07) is 8.74. The zero-order valence-corrected chi connectivity index (χ0v) is 8.32. The lowest BCUT2D eigenvalue weighted by molar-refractivity contribution is -0.137. The molecule has 0 atom stereocenters. The molecule has 1 aromatic carbocycles. The first-order valence-electron chi connectivity index (χ1n) is 4.21. The highest BCUT2D eigenvalue weighted by Crippen LogP contribution is 2.33. The average Bonchev–Trinajstić information content (AvgIpc) is 2.69. The Morgan fingerprint density at radius 1 is 1.13 bits per heavy atom. The molecule has 2 aromatic rings. The van der Waals surface area contributed by atoms with Gasteiger partial charge in [0.15, 0.2) is 0 Å². The first kappa shape index (κ1) is 10.2. The molecule has 0 aliphatic carbocycles. The third-order valence-corrected chi connectivity index (χ3v) is 2.79. The fourth-order valence-electron chi connectivity index (χ4n) is 1.25. The van der Waals surface area contributed by atoms with Crippen LogP contribution < -0.4 is 0 Å². The van der Waals surface area contributed by atoms with Gasteiger partial charge in [-0.3, -0.25) is 0 Å². The minimum atomic E-state index is -4.28. The van der Waals surface area contributed by atoms with Crippen LogP contribution in [0.1, 0.15) is 5.56 Å². The van der Waals surface area contributed by atoms with Crippen LogP contribution in [0.15, 0.2) is 36.4 Å². The van der Waals surface area contributed by atoms with Crippen LogP contribution in [0.4, 0.5) is 13.2 Å². The van der Waals surface area contributed by atoms with E-state index in [4.69, 9.17) is 0 Å². The van der Waals surface area contributed by atoms with Crippen molar-refractivity contribution in [2.75, 3.05) is 0 Å². The van der Waals surface area contributed by atoms with Gasteiger partial charge in [0.1, 0.15) is 0 Å². The number of hydrogen-bond donors (Lipinski definition) is 0. The second kappa shape index (κ2) is 3.70. The molecule has 0 saturated carbocycles. The van der Waals surface area contributed by atoms with Crippen molar-refractivity contribution in [2.45, 2.75) is 6.18 Å². The van der Waals surface area contributed by atoms with Gasteiger partial charge in [0, 0.05) is 10.3 Å². The van der Waals surface area contributed by atoms with Crippen LogP contribution in [0.3, 0.4) is 0 Å². The van der Waals surface area contributed by atoms with E-state index in [2.05, 4.69) is 5.38 Å². The van der Waals surface area contributed by atoms with Crippen molar-refractivity contribution in [3.8, 4) is 10.4 Å². The van der Waals surface area contributed by atoms with Crippen LogP contribution in [0.25, 0.3) is 10.4 Å². The Bertz CT molecular complexity index is 443. The Hall–Kier alpha value is -1.29. The predicted octanol–water partition coefficient (Wildman–Crippen LogP) is 4.23. The van der Waals surface area contributed by atoms with Crippen molar-refractivity contribution in [2.24, 2.45) is 0 Å². The molecule has 0 bridgehead atoms. The van der Waals surface area contributed by atoms with E-state index >= 15 is 0 Å². The summed E-state index contributed by atoms with van der Waals surface area (Å²) in [6.45, 7) is 0. The van der Waals surface area contributed by atoms with Gasteiger partial charge in [0.05, 0.1) is 5.56 Å². The average molecular weight is 227 g/mol. The van der Waals surface area contributed by atoms with Gasteiger partial charge in [0.2, 0.25) is 0 Å². The molecule has 0 aliphatic rings. The van der Waals surface area contributed by atoms with Crippen LogP contribution in [-0.2, 0) is 6.18 Å². The molecule has 0 saturated heterocycles. The molecule has 1 aromatic heterocycles. The number of benzene rings is 1. The lowest BCUT2D eigenvalue weighted by Gasteiger charge is -2.07. The van der Waals surface area contributed by atoms with E-state index in [0.717, 1.165) is 17.0 Å². The van der Waals surface area contributed by atoms with E-state index in [-0.39, 0.29) is 0 Å². The summed E-state index contributed by atoms with van der Waals surface area (Å²) in [5.41, 5.74) is -0.0375. The van der Waals surface area contributed by atoms with Crippen LogP contribution >= 0.6 is 11.3 Å². The zero-order chi connectivity index (χ0) is 10.9. The monoisotopic (exact) mass is 227 g/mol. The van der Waals surface area contributed by atoms with Crippen molar-refractivity contribution in [3.05, 3.63) is 47.3 Å². The highest BCUT2D eigenvalue weighted by Gasteiger charge is 2.30. The van der Waals surface area contributed by atoms with E-state index in [1.54, 1.807) is 18.2 Å². The Kier molecular flexibility index (Phi) is 2.52. The quantitative estimate of drug-likeness (QED) is 0.683. The molecule has 0 unspecified atom stereocenters. The standard InChI is InChI=1S/C11H6F3S/c12-11(13,14)9-4-1-3-8(7-9)10-5-2-6-15-10/h1-5,7H. The third-order valence-electron chi connectivity index (χ3n) is 1.95. The summed E-state index contributed by atoms with van der Waals surface area (Å²) in [4.78, 5) is 0.793. The molecule has 0 nitrogen and oxygen atoms in total. The van der Waals surface area contributed by atoms with Gasteiger partial charge < -0.3 is 0 Å². The SMILES string of the molecule is FC(F)(F)c1cccc(-c2cc[c]s2)c1. The minimum Gasteiger partial charge on any atom is -0.166 e. The summed E-state index contributed by atoms with van der Waals surface area (Å²) in [6.07, 6.45) is -4.28. The Morgan fingerprint density at radius 3 is 2.53 bits per heavy atom. The molecule has 0 spiro atoms. The fraction of sp³-hybridized carbons (Fsp3) is 0.0909. The number of rotatable bonds is 1. The van der Waals surface area contributed by atoms with Gasteiger partial charge in [-0.2, -0.15) is 13.2 Å².